The normalized spacial score (nSPS) is 23.2. The second-order valence-electron chi connectivity index (χ2n) is 5.95. The Hall–Kier alpha value is -1.14. The molecule has 122 valence electrons. The van der Waals surface area contributed by atoms with Crippen molar-refractivity contribution in [3.63, 3.8) is 0 Å². The molecule has 0 aliphatic carbocycles. The second kappa shape index (κ2) is 8.48. The molecule has 0 aromatic heterocycles. The highest BCUT2D eigenvalue weighted by molar-refractivity contribution is 6.30. The van der Waals surface area contributed by atoms with E-state index in [1.807, 2.05) is 24.3 Å². The molecule has 3 atom stereocenters. The maximum absolute atomic E-state index is 11.3. The van der Waals surface area contributed by atoms with Crippen LogP contribution in [0.5, 0.6) is 0 Å². The number of aliphatic hydroxyl groups excluding tert-OH is 1. The monoisotopic (exact) mass is 327 g/mol. The van der Waals surface area contributed by atoms with Crippen LogP contribution in [-0.2, 0) is 16.1 Å². The molecule has 2 rings (SSSR count). The standard InChI is InChI=1S/C16H23ClN2O3/c17-14-5-3-12(4-6-14)10-22-11-15(20)9-19-7-1-2-13(8-19)16(18)21/h3-6,13,15,20H,1-2,7-11H2,(H2,18,21)/p+1/t13-,15-/m0/s1. The average molecular weight is 328 g/mol. The molecule has 0 radical (unpaired) electrons. The minimum absolute atomic E-state index is 0.0639. The van der Waals surface area contributed by atoms with E-state index in [9.17, 15) is 9.90 Å². The van der Waals surface area contributed by atoms with Gasteiger partial charge in [0, 0.05) is 5.02 Å². The molecule has 0 saturated carbocycles. The van der Waals surface area contributed by atoms with Gasteiger partial charge in [-0.1, -0.05) is 23.7 Å². The van der Waals surface area contributed by atoms with E-state index < -0.39 is 6.10 Å². The van der Waals surface area contributed by atoms with Crippen LogP contribution in [0.25, 0.3) is 0 Å². The number of likely N-dealkylation sites (tertiary alicyclic amines) is 1. The summed E-state index contributed by atoms with van der Waals surface area (Å²) >= 11 is 5.82. The maximum Gasteiger partial charge on any atom is 0.226 e. The fourth-order valence-corrected chi connectivity index (χ4v) is 2.99. The molecule has 6 heteroatoms. The number of ether oxygens (including phenoxy) is 1. The largest absolute Gasteiger partial charge is 0.385 e. The van der Waals surface area contributed by atoms with Gasteiger partial charge in [-0.15, -0.1) is 0 Å². The predicted molar refractivity (Wildman–Crippen MR) is 84.6 cm³/mol. The summed E-state index contributed by atoms with van der Waals surface area (Å²) in [6.45, 7) is 3.01. The Morgan fingerprint density at radius 2 is 2.18 bits per heavy atom. The highest BCUT2D eigenvalue weighted by atomic mass is 35.5. The summed E-state index contributed by atoms with van der Waals surface area (Å²) in [6, 6.07) is 7.45. The number of amides is 1. The van der Waals surface area contributed by atoms with E-state index in [0.717, 1.165) is 24.9 Å². The SMILES string of the molecule is NC(=O)[C@H]1CCC[NH+](C[C@H](O)COCc2ccc(Cl)cc2)C1. The van der Waals surface area contributed by atoms with Crippen molar-refractivity contribution in [2.75, 3.05) is 26.2 Å². The van der Waals surface area contributed by atoms with Gasteiger partial charge in [-0.2, -0.15) is 0 Å². The number of nitrogens with two attached hydrogens (primary N) is 1. The van der Waals surface area contributed by atoms with Gasteiger partial charge in [0.15, 0.2) is 0 Å². The van der Waals surface area contributed by atoms with Crippen LogP contribution in [-0.4, -0.2) is 43.4 Å². The molecule has 1 saturated heterocycles. The number of halogens is 1. The van der Waals surface area contributed by atoms with Gasteiger partial charge >= 0.3 is 0 Å². The first-order valence-electron chi connectivity index (χ1n) is 7.67. The number of quaternary nitrogens is 1. The van der Waals surface area contributed by atoms with Crippen LogP contribution in [0.4, 0.5) is 0 Å². The van der Waals surface area contributed by atoms with E-state index in [4.69, 9.17) is 22.1 Å². The van der Waals surface area contributed by atoms with Crippen LogP contribution in [0.3, 0.4) is 0 Å². The third-order valence-corrected chi connectivity index (χ3v) is 4.29. The lowest BCUT2D eigenvalue weighted by molar-refractivity contribution is -0.910. The summed E-state index contributed by atoms with van der Waals surface area (Å²) in [7, 11) is 0. The molecule has 1 aromatic rings. The lowest BCUT2D eigenvalue weighted by atomic mass is 9.97. The topological polar surface area (TPSA) is 77.0 Å². The quantitative estimate of drug-likeness (QED) is 0.659. The van der Waals surface area contributed by atoms with Crippen molar-refractivity contribution in [3.05, 3.63) is 34.9 Å². The Kier molecular flexibility index (Phi) is 6.64. The van der Waals surface area contributed by atoms with Gasteiger partial charge in [-0.05, 0) is 30.5 Å². The van der Waals surface area contributed by atoms with E-state index in [2.05, 4.69) is 0 Å². The molecule has 1 heterocycles. The molecule has 1 aliphatic rings. The third kappa shape index (κ3) is 5.57. The molecular formula is C16H24ClN2O3+. The maximum atomic E-state index is 11.3. The summed E-state index contributed by atoms with van der Waals surface area (Å²) in [5.41, 5.74) is 6.39. The summed E-state index contributed by atoms with van der Waals surface area (Å²) in [4.78, 5) is 12.5. The molecule has 4 N–H and O–H groups in total. The van der Waals surface area contributed by atoms with Crippen LogP contribution >= 0.6 is 11.6 Å². The van der Waals surface area contributed by atoms with Crippen molar-refractivity contribution in [3.8, 4) is 0 Å². The van der Waals surface area contributed by atoms with Crippen LogP contribution in [0.1, 0.15) is 18.4 Å². The van der Waals surface area contributed by atoms with Crippen molar-refractivity contribution in [1.29, 1.82) is 0 Å². The number of carbonyl (C=O) groups excluding carboxylic acids is 1. The zero-order valence-corrected chi connectivity index (χ0v) is 13.4. The highest BCUT2D eigenvalue weighted by Gasteiger charge is 2.28. The zero-order chi connectivity index (χ0) is 15.9. The van der Waals surface area contributed by atoms with E-state index in [0.29, 0.717) is 24.7 Å². The molecule has 1 fully saturated rings. The number of primary amides is 1. The van der Waals surface area contributed by atoms with Gasteiger partial charge in [0.2, 0.25) is 5.91 Å². The van der Waals surface area contributed by atoms with Gasteiger partial charge in [0.25, 0.3) is 0 Å². The zero-order valence-electron chi connectivity index (χ0n) is 12.6. The number of piperidine rings is 1. The average Bonchev–Trinajstić information content (AvgIpc) is 2.49. The van der Waals surface area contributed by atoms with Crippen LogP contribution in [0.2, 0.25) is 5.02 Å². The number of carbonyl (C=O) groups is 1. The molecule has 1 unspecified atom stereocenters. The van der Waals surface area contributed by atoms with Crippen LogP contribution in [0, 0.1) is 5.92 Å². The van der Waals surface area contributed by atoms with Crippen molar-refractivity contribution < 1.29 is 19.5 Å². The lowest BCUT2D eigenvalue weighted by Gasteiger charge is -2.29. The molecule has 22 heavy (non-hydrogen) atoms. The highest BCUT2D eigenvalue weighted by Crippen LogP contribution is 2.10. The first-order chi connectivity index (χ1) is 10.5. The Balaban J connectivity index is 1.68. The minimum atomic E-state index is -0.533. The van der Waals surface area contributed by atoms with Crippen molar-refractivity contribution in [2.24, 2.45) is 11.7 Å². The van der Waals surface area contributed by atoms with Gasteiger partial charge in [-0.3, -0.25) is 4.79 Å². The Morgan fingerprint density at radius 1 is 1.45 bits per heavy atom. The Morgan fingerprint density at radius 3 is 2.86 bits per heavy atom. The number of rotatable bonds is 7. The molecule has 1 aromatic carbocycles. The molecule has 1 aliphatic heterocycles. The fraction of sp³-hybridized carbons (Fsp3) is 0.562. The first-order valence-corrected chi connectivity index (χ1v) is 8.05. The molecule has 1 amide bonds. The lowest BCUT2D eigenvalue weighted by Crippen LogP contribution is -3.15. The van der Waals surface area contributed by atoms with E-state index in [-0.39, 0.29) is 18.4 Å². The van der Waals surface area contributed by atoms with Crippen molar-refractivity contribution in [1.82, 2.24) is 0 Å². The summed E-state index contributed by atoms with van der Waals surface area (Å²) in [5, 5.41) is 10.8. The predicted octanol–water partition coefficient (Wildman–Crippen LogP) is -0.00230. The van der Waals surface area contributed by atoms with Gasteiger partial charge in [-0.25, -0.2) is 0 Å². The van der Waals surface area contributed by atoms with E-state index in [1.165, 1.54) is 4.90 Å². The Labute approximate surface area is 136 Å². The number of nitrogens with one attached hydrogen (secondary N) is 1. The molecule has 0 spiro atoms. The smallest absolute Gasteiger partial charge is 0.226 e. The van der Waals surface area contributed by atoms with Crippen molar-refractivity contribution in [2.45, 2.75) is 25.6 Å². The van der Waals surface area contributed by atoms with E-state index in [1.54, 1.807) is 0 Å². The Bertz CT molecular complexity index is 481. The summed E-state index contributed by atoms with van der Waals surface area (Å²) in [6.07, 6.45) is 1.30. The summed E-state index contributed by atoms with van der Waals surface area (Å²) in [5.74, 6) is -0.295. The number of benzene rings is 1. The van der Waals surface area contributed by atoms with Gasteiger partial charge in [0.05, 0.1) is 32.2 Å². The van der Waals surface area contributed by atoms with Gasteiger partial charge in [0.1, 0.15) is 12.6 Å². The number of hydrogen-bond acceptors (Lipinski definition) is 3. The van der Waals surface area contributed by atoms with Crippen molar-refractivity contribution >= 4 is 17.5 Å². The third-order valence-electron chi connectivity index (χ3n) is 4.04. The van der Waals surface area contributed by atoms with Gasteiger partial charge < -0.3 is 20.5 Å². The van der Waals surface area contributed by atoms with Crippen LogP contribution in [0.15, 0.2) is 24.3 Å². The minimum Gasteiger partial charge on any atom is -0.385 e. The molecule has 0 bridgehead atoms. The number of aliphatic hydroxyl groups is 1. The molecule has 5 nitrogen and oxygen atoms in total. The number of hydrogen-bond donors (Lipinski definition) is 3. The fourth-order valence-electron chi connectivity index (χ4n) is 2.86. The molecular weight excluding hydrogens is 304 g/mol. The second-order valence-corrected chi connectivity index (χ2v) is 6.38. The van der Waals surface area contributed by atoms with Crippen LogP contribution < -0.4 is 10.6 Å². The first kappa shape index (κ1) is 17.2. The van der Waals surface area contributed by atoms with E-state index >= 15 is 0 Å². The summed E-state index contributed by atoms with van der Waals surface area (Å²) < 4.78 is 5.54.